The zero-order valence-corrected chi connectivity index (χ0v) is 52.9. The van der Waals surface area contributed by atoms with Gasteiger partial charge in [0.05, 0.1) is 48.3 Å². The van der Waals surface area contributed by atoms with Crippen molar-refractivity contribution in [3.05, 3.63) is 130 Å². The molecule has 9 rings (SSSR count). The van der Waals surface area contributed by atoms with Gasteiger partial charge in [-0.25, -0.2) is 4.68 Å². The van der Waals surface area contributed by atoms with E-state index in [1.807, 2.05) is 65.8 Å². The molecule has 24 nitrogen and oxygen atoms in total. The third-order valence-corrected chi connectivity index (χ3v) is 17.2. The number of hydrogen-bond acceptors (Lipinski definition) is 14. The predicted octanol–water partition coefficient (Wildman–Crippen LogP) is 3.74. The number of nitrogens with one attached hydrogen (secondary N) is 9. The normalized spacial score (nSPS) is 19.9. The summed E-state index contributed by atoms with van der Waals surface area (Å²) in [7, 11) is 3.37. The molecule has 3 aromatic carbocycles. The molecule has 478 valence electrons. The average Bonchev–Trinajstić information content (AvgIpc) is 2.56. The van der Waals surface area contributed by atoms with E-state index in [1.165, 1.54) is 16.7 Å². The predicted molar refractivity (Wildman–Crippen MR) is 335 cm³/mol. The molecule has 4 aliphatic rings. The van der Waals surface area contributed by atoms with E-state index in [0.29, 0.717) is 55.6 Å². The molecule has 0 bridgehead atoms. The number of benzene rings is 3. The van der Waals surface area contributed by atoms with Crippen LogP contribution in [0.25, 0.3) is 0 Å². The van der Waals surface area contributed by atoms with Crippen molar-refractivity contribution in [3.8, 4) is 0 Å². The number of carbonyl (C=O) groups is 8. The third-order valence-electron chi connectivity index (χ3n) is 17.2. The Morgan fingerprint density at radius 3 is 1.73 bits per heavy atom. The van der Waals surface area contributed by atoms with Gasteiger partial charge in [-0.05, 0) is 130 Å². The molecule has 9 N–H and O–H groups in total. The molecule has 0 spiro atoms. The van der Waals surface area contributed by atoms with Crippen LogP contribution in [-0.4, -0.2) is 164 Å². The molecule has 0 unspecified atom stereocenters. The van der Waals surface area contributed by atoms with Gasteiger partial charge < -0.3 is 52.3 Å². The Labute approximate surface area is 521 Å². The Bertz CT molecular complexity index is 3260. The molecule has 0 saturated carbocycles. The zero-order valence-electron chi connectivity index (χ0n) is 52.9. The van der Waals surface area contributed by atoms with Crippen molar-refractivity contribution < 1.29 is 38.4 Å². The van der Waals surface area contributed by atoms with Gasteiger partial charge in [0, 0.05) is 62.8 Å². The minimum absolute atomic E-state index is 0.0104. The fourth-order valence-corrected chi connectivity index (χ4v) is 12.1. The number of amides is 8. The lowest BCUT2D eigenvalue weighted by molar-refractivity contribution is -0.144. The van der Waals surface area contributed by atoms with Gasteiger partial charge in [0.1, 0.15) is 24.2 Å². The van der Waals surface area contributed by atoms with Crippen LogP contribution >= 0.6 is 0 Å². The van der Waals surface area contributed by atoms with Crippen LogP contribution in [0.5, 0.6) is 0 Å². The second-order valence-corrected chi connectivity index (χ2v) is 25.8. The summed E-state index contributed by atoms with van der Waals surface area (Å²) in [6.07, 6.45) is 11.7. The number of aryl methyl sites for hydroxylation is 2. The maximum Gasteiger partial charge on any atom is 0.251 e. The minimum atomic E-state index is -0.889. The molecule has 2 aromatic heterocycles. The molecule has 2 saturated heterocycles. The summed E-state index contributed by atoms with van der Waals surface area (Å²) in [6, 6.07) is 18.9. The number of likely N-dealkylation sites (N-methyl/N-ethyl adjacent to an activating group) is 2. The first-order valence-corrected chi connectivity index (χ1v) is 31.2. The van der Waals surface area contributed by atoms with Crippen molar-refractivity contribution in [1.82, 2.24) is 82.7 Å². The van der Waals surface area contributed by atoms with Crippen LogP contribution in [0.1, 0.15) is 166 Å². The van der Waals surface area contributed by atoms with Crippen molar-refractivity contribution in [1.29, 1.82) is 0 Å². The molecule has 8 amide bonds. The molecule has 8 atom stereocenters. The van der Waals surface area contributed by atoms with Crippen molar-refractivity contribution in [2.24, 2.45) is 10.8 Å². The summed E-state index contributed by atoms with van der Waals surface area (Å²) in [4.78, 5) is 109. The number of aromatic amines is 1. The van der Waals surface area contributed by atoms with Crippen molar-refractivity contribution in [2.75, 3.05) is 46.8 Å². The van der Waals surface area contributed by atoms with E-state index in [0.717, 1.165) is 56.2 Å². The fraction of sp³-hybridized carbons (Fsp3) is 0.538. The molecule has 5 aromatic rings. The van der Waals surface area contributed by atoms with Crippen LogP contribution < -0.4 is 42.5 Å². The molecule has 2 fully saturated rings. The third kappa shape index (κ3) is 17.3. The van der Waals surface area contributed by atoms with Crippen LogP contribution in [0.15, 0.2) is 85.2 Å². The fourth-order valence-electron chi connectivity index (χ4n) is 12.1. The van der Waals surface area contributed by atoms with Crippen molar-refractivity contribution >= 4 is 47.3 Å². The lowest BCUT2D eigenvalue weighted by Gasteiger charge is -2.36. The first-order valence-electron chi connectivity index (χ1n) is 31.2. The molecule has 4 heterocycles. The largest absolute Gasteiger partial charge is 0.352 e. The van der Waals surface area contributed by atoms with Gasteiger partial charge in [0.25, 0.3) is 11.8 Å². The van der Waals surface area contributed by atoms with Gasteiger partial charge in [-0.15, -0.1) is 5.10 Å². The number of aromatic nitrogens is 6. The Morgan fingerprint density at radius 1 is 0.652 bits per heavy atom. The second-order valence-electron chi connectivity index (χ2n) is 25.8. The highest BCUT2D eigenvalue weighted by Crippen LogP contribution is 2.35. The van der Waals surface area contributed by atoms with Crippen LogP contribution in [0.2, 0.25) is 0 Å². The molecule has 0 radical (unpaired) electrons. The number of H-pyrrole nitrogens is 1. The lowest BCUT2D eigenvalue weighted by Crippen LogP contribution is -2.59. The quantitative estimate of drug-likeness (QED) is 0.0506. The maximum atomic E-state index is 14.5. The highest BCUT2D eigenvalue weighted by atomic mass is 16.2. The van der Waals surface area contributed by atoms with Crippen LogP contribution in [-0.2, 0) is 54.5 Å². The molecule has 2 aliphatic carbocycles. The van der Waals surface area contributed by atoms with Crippen molar-refractivity contribution in [3.63, 3.8) is 0 Å². The highest BCUT2D eigenvalue weighted by Gasteiger charge is 2.47. The molecular weight excluding hydrogens is 1130 g/mol. The zero-order chi connectivity index (χ0) is 64.0. The van der Waals surface area contributed by atoms with E-state index in [1.54, 1.807) is 72.2 Å². The minimum Gasteiger partial charge on any atom is -0.352 e. The van der Waals surface area contributed by atoms with E-state index in [2.05, 4.69) is 92.5 Å². The number of carbonyl (C=O) groups excluding carboxylic acids is 8. The van der Waals surface area contributed by atoms with Gasteiger partial charge in [-0.2, -0.15) is 15.4 Å². The Balaban J connectivity index is 0.000000277. The SMILES string of the molecule is CNCC(=O)N[C@H](C(=O)N1CCC[C@H]1C(=O)N[C@@H]1CCCc2ccccc21)C(C)(C)C.CN[C@@H](C)C(=O)N[C@H](C(=O)N1C[C@@H](n2cc(CCNC(=O)c3ccc(C(=O)NCCc4cn[nH]n4)cc3)nn2)C[C@H]1C(=O)N[C@@H]1CCCc2ccccc21)C(C)(C)C. The van der Waals surface area contributed by atoms with Gasteiger partial charge >= 0.3 is 0 Å². The standard InChI is InChI=1S/C41H54N12O5.C24H36N4O3/c1-25(42-5)36(54)47-35(41(2,3)4)40(58)52-24-31(21-34(52)39(57)46-33-12-8-10-26-9-6-7-11-32(26)33)53-23-30(49-51-53)18-20-44-38(56)28-15-13-27(14-16-28)37(55)43-19-17-29-22-45-50-48-29;1-24(2,3)21(27-20(29)15-25-4)23(31)28-14-8-13-19(28)22(30)26-18-12-7-10-16-9-5-6-11-17(16)18/h6-7,9,11,13-16,22-23,25,31,33-35,42H,8,10,12,17-21,24H2,1-5H3,(H,43,55)(H,44,56)(H,46,57)(H,47,54)(H,45,48,50);5-6,9,11,18-19,21,25H,7-8,10,12-15H2,1-4H3,(H,26,30)(H,27,29)/t25-,31-,33+,34-,35+;18-,19+,21-/m01/s1. The van der Waals surface area contributed by atoms with Crippen LogP contribution in [0, 0.1) is 10.8 Å². The number of nitrogens with zero attached hydrogens (tertiary/aromatic N) is 7. The number of fused-ring (bicyclic) bond motifs is 2. The highest BCUT2D eigenvalue weighted by molar-refractivity contribution is 5.98. The summed E-state index contributed by atoms with van der Waals surface area (Å²) in [5, 5.41) is 42.7. The number of hydrogen-bond donors (Lipinski definition) is 9. The summed E-state index contributed by atoms with van der Waals surface area (Å²) >= 11 is 0. The van der Waals surface area contributed by atoms with Gasteiger partial charge in [0.2, 0.25) is 35.4 Å². The van der Waals surface area contributed by atoms with E-state index in [4.69, 9.17) is 0 Å². The smallest absolute Gasteiger partial charge is 0.251 e. The van der Waals surface area contributed by atoms with E-state index >= 15 is 0 Å². The first kappa shape index (κ1) is 66.6. The van der Waals surface area contributed by atoms with Gasteiger partial charge in [-0.3, -0.25) is 38.4 Å². The van der Waals surface area contributed by atoms with E-state index in [-0.39, 0.29) is 85.0 Å². The summed E-state index contributed by atoms with van der Waals surface area (Å²) in [5.74, 6) is -1.95. The molecule has 24 heteroatoms. The van der Waals surface area contributed by atoms with Crippen LogP contribution in [0.3, 0.4) is 0 Å². The van der Waals surface area contributed by atoms with Crippen molar-refractivity contribution in [2.45, 2.75) is 167 Å². The average molecular weight is 1220 g/mol. The van der Waals surface area contributed by atoms with Crippen LogP contribution in [0.4, 0.5) is 0 Å². The lowest BCUT2D eigenvalue weighted by atomic mass is 9.85. The Hall–Kier alpha value is -8.38. The van der Waals surface area contributed by atoms with Gasteiger partial charge in [-0.1, -0.05) is 95.3 Å². The van der Waals surface area contributed by atoms with Gasteiger partial charge in [0.15, 0.2) is 0 Å². The second kappa shape index (κ2) is 30.2. The molecule has 89 heavy (non-hydrogen) atoms. The topological polar surface area (TPSA) is 312 Å². The monoisotopic (exact) mass is 1220 g/mol. The van der Waals surface area contributed by atoms with E-state index in [9.17, 15) is 38.4 Å². The molecule has 2 aliphatic heterocycles. The first-order chi connectivity index (χ1) is 42.5. The summed E-state index contributed by atoms with van der Waals surface area (Å²) in [6.45, 7) is 14.7. The Morgan fingerprint density at radius 2 is 1.19 bits per heavy atom. The maximum absolute atomic E-state index is 14.5. The number of rotatable bonds is 21. The number of likely N-dealkylation sites (tertiary alicyclic amines) is 2. The summed E-state index contributed by atoms with van der Waals surface area (Å²) in [5.41, 5.74) is 5.88. The van der Waals surface area contributed by atoms with E-state index < -0.39 is 41.0 Å². The molecular formula is C65H90N16O8. The summed E-state index contributed by atoms with van der Waals surface area (Å²) < 4.78 is 1.68. The Kier molecular flexibility index (Phi) is 22.6.